The van der Waals surface area contributed by atoms with Gasteiger partial charge in [0.1, 0.15) is 5.58 Å². The Bertz CT molecular complexity index is 1180. The molecule has 0 unspecified atom stereocenters. The summed E-state index contributed by atoms with van der Waals surface area (Å²) in [5.41, 5.74) is 2.74. The van der Waals surface area contributed by atoms with E-state index in [1.165, 1.54) is 10.8 Å². The Labute approximate surface area is 156 Å². The van der Waals surface area contributed by atoms with Crippen LogP contribution in [0.3, 0.4) is 0 Å². The highest BCUT2D eigenvalue weighted by atomic mass is 16.5. The maximum atomic E-state index is 12.8. The molecule has 1 aromatic heterocycles. The van der Waals surface area contributed by atoms with Crippen LogP contribution in [0.4, 0.5) is 5.88 Å². The van der Waals surface area contributed by atoms with Gasteiger partial charge in [0.25, 0.3) is 0 Å². The predicted molar refractivity (Wildman–Crippen MR) is 108 cm³/mol. The molecule has 1 aliphatic rings. The van der Waals surface area contributed by atoms with Crippen LogP contribution in [0.25, 0.3) is 32.9 Å². The van der Waals surface area contributed by atoms with E-state index in [0.717, 1.165) is 24.2 Å². The number of nitrogens with zero attached hydrogens (tertiary/aromatic N) is 1. The fourth-order valence-electron chi connectivity index (χ4n) is 3.73. The minimum absolute atomic E-state index is 0.0140. The molecule has 0 saturated carbocycles. The second-order valence-corrected chi connectivity index (χ2v) is 6.79. The molecule has 0 spiro atoms. The molecule has 1 aliphatic heterocycles. The first-order valence-corrected chi connectivity index (χ1v) is 9.18. The van der Waals surface area contributed by atoms with Crippen LogP contribution in [0.15, 0.2) is 75.9 Å². The van der Waals surface area contributed by atoms with Crippen molar-refractivity contribution < 1.29 is 9.15 Å². The summed E-state index contributed by atoms with van der Waals surface area (Å²) in [7, 11) is 0. The van der Waals surface area contributed by atoms with Crippen LogP contribution in [0.1, 0.15) is 0 Å². The molecule has 2 heterocycles. The molecule has 134 valence electrons. The highest BCUT2D eigenvalue weighted by molar-refractivity contribution is 5.98. The number of hydrogen-bond acceptors (Lipinski definition) is 4. The highest BCUT2D eigenvalue weighted by Gasteiger charge is 2.16. The minimum atomic E-state index is -0.0140. The summed E-state index contributed by atoms with van der Waals surface area (Å²) in [6, 6.07) is 22.0. The quantitative estimate of drug-likeness (QED) is 0.532. The van der Waals surface area contributed by atoms with Crippen molar-refractivity contribution in [3.63, 3.8) is 0 Å². The maximum absolute atomic E-state index is 12.8. The average molecular weight is 357 g/mol. The van der Waals surface area contributed by atoms with Crippen molar-refractivity contribution in [1.29, 1.82) is 0 Å². The largest absolute Gasteiger partial charge is 0.440 e. The van der Waals surface area contributed by atoms with Crippen molar-refractivity contribution in [3.8, 4) is 11.1 Å². The molecule has 4 aromatic rings. The van der Waals surface area contributed by atoms with Gasteiger partial charge in [-0.15, -0.1) is 0 Å². The first kappa shape index (κ1) is 16.1. The molecule has 4 nitrogen and oxygen atoms in total. The van der Waals surface area contributed by atoms with E-state index in [0.29, 0.717) is 30.1 Å². The molecule has 0 amide bonds. The summed E-state index contributed by atoms with van der Waals surface area (Å²) in [6.07, 6.45) is 0. The highest BCUT2D eigenvalue weighted by Crippen LogP contribution is 2.31. The molecular formula is C23H19NO3. The Morgan fingerprint density at radius 2 is 1.63 bits per heavy atom. The van der Waals surface area contributed by atoms with E-state index in [4.69, 9.17) is 9.15 Å². The first-order valence-electron chi connectivity index (χ1n) is 9.18. The lowest BCUT2D eigenvalue weighted by molar-refractivity contribution is 0.121. The third-order valence-corrected chi connectivity index (χ3v) is 5.14. The molecule has 27 heavy (non-hydrogen) atoms. The third kappa shape index (κ3) is 2.88. The van der Waals surface area contributed by atoms with Gasteiger partial charge in [0.2, 0.25) is 0 Å². The molecule has 0 radical (unpaired) electrons. The number of fused-ring (bicyclic) bond motifs is 2. The Balaban J connectivity index is 1.63. The fourth-order valence-corrected chi connectivity index (χ4v) is 3.73. The summed E-state index contributed by atoms with van der Waals surface area (Å²) in [5, 5.41) is 2.97. The van der Waals surface area contributed by atoms with Crippen LogP contribution in [0.2, 0.25) is 0 Å². The zero-order valence-corrected chi connectivity index (χ0v) is 14.9. The van der Waals surface area contributed by atoms with Crippen LogP contribution < -0.4 is 10.3 Å². The normalized spacial score (nSPS) is 14.7. The SMILES string of the molecule is O=c1cc(N2CCOCC2)oc2ccc(-c3cccc4ccccc34)cc12. The van der Waals surface area contributed by atoms with Gasteiger partial charge in [-0.05, 0) is 34.0 Å². The standard InChI is InChI=1S/C23H19NO3/c25-21-15-23(24-10-12-26-13-11-24)27-22-9-8-17(14-20(21)22)19-7-3-5-16-4-1-2-6-18(16)19/h1-9,14-15H,10-13H2. The van der Waals surface area contributed by atoms with Gasteiger partial charge in [-0.2, -0.15) is 0 Å². The van der Waals surface area contributed by atoms with Crippen molar-refractivity contribution in [2.75, 3.05) is 31.2 Å². The predicted octanol–water partition coefficient (Wildman–Crippen LogP) is 4.45. The summed E-state index contributed by atoms with van der Waals surface area (Å²) in [4.78, 5) is 14.8. The van der Waals surface area contributed by atoms with Crippen LogP contribution >= 0.6 is 0 Å². The Morgan fingerprint density at radius 1 is 0.815 bits per heavy atom. The van der Waals surface area contributed by atoms with E-state index in [9.17, 15) is 4.79 Å². The number of ether oxygens (including phenoxy) is 1. The summed E-state index contributed by atoms with van der Waals surface area (Å²) >= 11 is 0. The van der Waals surface area contributed by atoms with Crippen LogP contribution in [0.5, 0.6) is 0 Å². The van der Waals surface area contributed by atoms with Crippen molar-refractivity contribution in [1.82, 2.24) is 0 Å². The lowest BCUT2D eigenvalue weighted by Crippen LogP contribution is -2.36. The fraction of sp³-hybridized carbons (Fsp3) is 0.174. The monoisotopic (exact) mass is 357 g/mol. The number of anilines is 1. The van der Waals surface area contributed by atoms with Gasteiger partial charge in [0.15, 0.2) is 11.3 Å². The smallest absolute Gasteiger partial charge is 0.200 e. The second-order valence-electron chi connectivity index (χ2n) is 6.79. The third-order valence-electron chi connectivity index (χ3n) is 5.14. The second kappa shape index (κ2) is 6.56. The van der Waals surface area contributed by atoms with Crippen molar-refractivity contribution in [2.45, 2.75) is 0 Å². The van der Waals surface area contributed by atoms with Crippen molar-refractivity contribution in [2.24, 2.45) is 0 Å². The first-order chi connectivity index (χ1) is 13.3. The number of morpholine rings is 1. The summed E-state index contributed by atoms with van der Waals surface area (Å²) < 4.78 is 11.4. The summed E-state index contributed by atoms with van der Waals surface area (Å²) in [5.74, 6) is 0.619. The van der Waals surface area contributed by atoms with Crippen LogP contribution in [0, 0.1) is 0 Å². The van der Waals surface area contributed by atoms with Gasteiger partial charge < -0.3 is 14.1 Å². The minimum Gasteiger partial charge on any atom is -0.440 e. The Kier molecular flexibility index (Phi) is 3.91. The molecule has 0 bridgehead atoms. The molecule has 1 saturated heterocycles. The van der Waals surface area contributed by atoms with Gasteiger partial charge in [0, 0.05) is 19.2 Å². The Morgan fingerprint density at radius 3 is 2.52 bits per heavy atom. The molecule has 4 heteroatoms. The van der Waals surface area contributed by atoms with E-state index in [2.05, 4.69) is 29.2 Å². The van der Waals surface area contributed by atoms with Gasteiger partial charge in [0.05, 0.1) is 18.6 Å². The molecule has 0 aliphatic carbocycles. The zero-order valence-electron chi connectivity index (χ0n) is 14.9. The molecule has 3 aromatic carbocycles. The van der Waals surface area contributed by atoms with Crippen LogP contribution in [-0.4, -0.2) is 26.3 Å². The van der Waals surface area contributed by atoms with E-state index < -0.39 is 0 Å². The molecule has 0 N–H and O–H groups in total. The molecule has 1 fully saturated rings. The molecular weight excluding hydrogens is 338 g/mol. The zero-order chi connectivity index (χ0) is 18.2. The van der Waals surface area contributed by atoms with Gasteiger partial charge >= 0.3 is 0 Å². The van der Waals surface area contributed by atoms with E-state index in [1.54, 1.807) is 6.07 Å². The lowest BCUT2D eigenvalue weighted by Gasteiger charge is -2.27. The Hall–Kier alpha value is -3.11. The van der Waals surface area contributed by atoms with Crippen LogP contribution in [-0.2, 0) is 4.74 Å². The number of rotatable bonds is 2. The van der Waals surface area contributed by atoms with Gasteiger partial charge in [-0.1, -0.05) is 48.5 Å². The van der Waals surface area contributed by atoms with Gasteiger partial charge in [-0.25, -0.2) is 0 Å². The average Bonchev–Trinajstić information content (AvgIpc) is 2.74. The lowest BCUT2D eigenvalue weighted by atomic mass is 9.97. The topological polar surface area (TPSA) is 42.7 Å². The van der Waals surface area contributed by atoms with Crippen molar-refractivity contribution >= 4 is 27.6 Å². The molecule has 0 atom stereocenters. The summed E-state index contributed by atoms with van der Waals surface area (Å²) in [6.45, 7) is 2.79. The maximum Gasteiger partial charge on any atom is 0.200 e. The van der Waals surface area contributed by atoms with E-state index >= 15 is 0 Å². The van der Waals surface area contributed by atoms with E-state index in [1.807, 2.05) is 36.4 Å². The molecule has 5 rings (SSSR count). The van der Waals surface area contributed by atoms with E-state index in [-0.39, 0.29) is 5.43 Å². The number of hydrogen-bond donors (Lipinski definition) is 0. The number of benzene rings is 3. The van der Waals surface area contributed by atoms with Gasteiger partial charge in [-0.3, -0.25) is 4.79 Å². The van der Waals surface area contributed by atoms with Crippen molar-refractivity contribution in [3.05, 3.63) is 77.0 Å².